The third-order valence-corrected chi connectivity index (χ3v) is 1.85. The van der Waals surface area contributed by atoms with Crippen LogP contribution < -0.4 is 10.6 Å². The Hall–Kier alpha value is -1.40. The first kappa shape index (κ1) is 11.7. The molecule has 0 aromatic carbocycles. The Labute approximate surface area is 88.7 Å². The number of methoxy groups -OCH3 is 1. The highest BCUT2D eigenvalue weighted by atomic mass is 16.5. The van der Waals surface area contributed by atoms with Crippen molar-refractivity contribution in [2.75, 3.05) is 37.9 Å². The number of nitrogen functional groups attached to an aromatic ring is 1. The van der Waals surface area contributed by atoms with Crippen molar-refractivity contribution in [3.8, 4) is 0 Å². The van der Waals surface area contributed by atoms with E-state index in [9.17, 15) is 5.11 Å². The zero-order valence-corrected chi connectivity index (χ0v) is 8.92. The maximum absolute atomic E-state index is 9.50. The van der Waals surface area contributed by atoms with E-state index in [0.29, 0.717) is 18.3 Å². The van der Waals surface area contributed by atoms with Gasteiger partial charge in [0.2, 0.25) is 5.95 Å². The molecule has 1 unspecified atom stereocenters. The lowest BCUT2D eigenvalue weighted by Crippen LogP contribution is -2.32. The molecule has 0 aliphatic carbocycles. The third-order valence-electron chi connectivity index (χ3n) is 1.85. The SMILES string of the molecule is COCC(O)CN(C)c1nccc(N)n1. The Bertz CT molecular complexity index is 308. The van der Waals surface area contributed by atoms with E-state index < -0.39 is 6.10 Å². The molecule has 6 heteroatoms. The summed E-state index contributed by atoms with van der Waals surface area (Å²) in [4.78, 5) is 9.78. The number of hydrogen-bond donors (Lipinski definition) is 2. The number of aliphatic hydroxyl groups excluding tert-OH is 1. The van der Waals surface area contributed by atoms with Gasteiger partial charge in [0, 0.05) is 26.9 Å². The Morgan fingerprint density at radius 3 is 3.00 bits per heavy atom. The van der Waals surface area contributed by atoms with Gasteiger partial charge in [-0.15, -0.1) is 0 Å². The van der Waals surface area contributed by atoms with Gasteiger partial charge in [-0.3, -0.25) is 0 Å². The highest BCUT2D eigenvalue weighted by molar-refractivity contribution is 5.36. The molecule has 1 heterocycles. The van der Waals surface area contributed by atoms with E-state index in [1.807, 2.05) is 0 Å². The number of aliphatic hydroxyl groups is 1. The molecule has 1 atom stereocenters. The van der Waals surface area contributed by atoms with Crippen LogP contribution in [0.2, 0.25) is 0 Å². The molecular weight excluding hydrogens is 196 g/mol. The van der Waals surface area contributed by atoms with Crippen LogP contribution in [0.25, 0.3) is 0 Å². The minimum Gasteiger partial charge on any atom is -0.389 e. The van der Waals surface area contributed by atoms with Crippen molar-refractivity contribution < 1.29 is 9.84 Å². The molecule has 15 heavy (non-hydrogen) atoms. The second-order valence-corrected chi connectivity index (χ2v) is 3.27. The number of ether oxygens (including phenoxy) is 1. The maximum Gasteiger partial charge on any atom is 0.227 e. The normalized spacial score (nSPS) is 12.5. The molecule has 0 radical (unpaired) electrons. The van der Waals surface area contributed by atoms with E-state index in [1.165, 1.54) is 0 Å². The highest BCUT2D eigenvalue weighted by Crippen LogP contribution is 2.06. The lowest BCUT2D eigenvalue weighted by atomic mass is 10.3. The van der Waals surface area contributed by atoms with Crippen LogP contribution in [0, 0.1) is 0 Å². The van der Waals surface area contributed by atoms with Crippen molar-refractivity contribution in [1.82, 2.24) is 9.97 Å². The van der Waals surface area contributed by atoms with Gasteiger partial charge in [0.25, 0.3) is 0 Å². The second-order valence-electron chi connectivity index (χ2n) is 3.27. The molecule has 0 saturated heterocycles. The van der Waals surface area contributed by atoms with E-state index in [-0.39, 0.29) is 6.61 Å². The van der Waals surface area contributed by atoms with Gasteiger partial charge in [-0.05, 0) is 6.07 Å². The van der Waals surface area contributed by atoms with E-state index in [2.05, 4.69) is 9.97 Å². The van der Waals surface area contributed by atoms with Crippen LogP contribution in [0.15, 0.2) is 12.3 Å². The molecule has 0 saturated carbocycles. The first-order valence-electron chi connectivity index (χ1n) is 4.60. The van der Waals surface area contributed by atoms with Gasteiger partial charge >= 0.3 is 0 Å². The molecule has 0 amide bonds. The molecule has 1 aromatic heterocycles. The molecule has 84 valence electrons. The van der Waals surface area contributed by atoms with E-state index in [1.54, 1.807) is 31.3 Å². The monoisotopic (exact) mass is 212 g/mol. The molecule has 3 N–H and O–H groups in total. The van der Waals surface area contributed by atoms with E-state index in [4.69, 9.17) is 10.5 Å². The average Bonchev–Trinajstić information content (AvgIpc) is 2.18. The van der Waals surface area contributed by atoms with Crippen LogP contribution in [0.5, 0.6) is 0 Å². The fourth-order valence-electron chi connectivity index (χ4n) is 1.19. The Morgan fingerprint density at radius 2 is 2.40 bits per heavy atom. The molecule has 6 nitrogen and oxygen atoms in total. The standard InChI is InChI=1S/C9H16N4O2/c1-13(5-7(14)6-15-2)9-11-4-3-8(10)12-9/h3-4,7,14H,5-6H2,1-2H3,(H2,10,11,12). The van der Waals surface area contributed by atoms with Gasteiger partial charge in [-0.25, -0.2) is 4.98 Å². The first-order valence-corrected chi connectivity index (χ1v) is 4.60. The number of aromatic nitrogens is 2. The van der Waals surface area contributed by atoms with Gasteiger partial charge in [-0.2, -0.15) is 4.98 Å². The van der Waals surface area contributed by atoms with Crippen LogP contribution in [0.3, 0.4) is 0 Å². The van der Waals surface area contributed by atoms with Crippen LogP contribution in [0.4, 0.5) is 11.8 Å². The Morgan fingerprint density at radius 1 is 1.67 bits per heavy atom. The number of nitrogens with two attached hydrogens (primary N) is 1. The highest BCUT2D eigenvalue weighted by Gasteiger charge is 2.10. The number of anilines is 2. The predicted octanol–water partition coefficient (Wildman–Crippen LogP) is -0.498. The summed E-state index contributed by atoms with van der Waals surface area (Å²) >= 11 is 0. The summed E-state index contributed by atoms with van der Waals surface area (Å²) in [5.74, 6) is 0.901. The fourth-order valence-corrected chi connectivity index (χ4v) is 1.19. The number of hydrogen-bond acceptors (Lipinski definition) is 6. The second kappa shape index (κ2) is 5.47. The first-order chi connectivity index (χ1) is 7.13. The summed E-state index contributed by atoms with van der Waals surface area (Å²) in [6.07, 6.45) is 1.02. The van der Waals surface area contributed by atoms with E-state index >= 15 is 0 Å². The molecule has 1 aromatic rings. The summed E-state index contributed by atoms with van der Waals surface area (Å²) in [5, 5.41) is 9.50. The van der Waals surface area contributed by atoms with Crippen LogP contribution >= 0.6 is 0 Å². The average molecular weight is 212 g/mol. The minimum atomic E-state index is -0.565. The van der Waals surface area contributed by atoms with Crippen molar-refractivity contribution >= 4 is 11.8 Å². The summed E-state index contributed by atoms with van der Waals surface area (Å²) in [7, 11) is 3.33. The zero-order valence-electron chi connectivity index (χ0n) is 8.92. The van der Waals surface area contributed by atoms with Gasteiger partial charge in [0.05, 0.1) is 12.7 Å². The lowest BCUT2D eigenvalue weighted by molar-refractivity contribution is 0.0693. The third kappa shape index (κ3) is 3.69. The lowest BCUT2D eigenvalue weighted by Gasteiger charge is -2.20. The van der Waals surface area contributed by atoms with Crippen molar-refractivity contribution in [1.29, 1.82) is 0 Å². The van der Waals surface area contributed by atoms with Crippen molar-refractivity contribution in [2.45, 2.75) is 6.10 Å². The van der Waals surface area contributed by atoms with Gasteiger partial charge in [-0.1, -0.05) is 0 Å². The summed E-state index contributed by atoms with van der Waals surface area (Å²) < 4.78 is 4.82. The predicted molar refractivity (Wildman–Crippen MR) is 57.6 cm³/mol. The van der Waals surface area contributed by atoms with Crippen LogP contribution in [0.1, 0.15) is 0 Å². The van der Waals surface area contributed by atoms with Crippen molar-refractivity contribution in [3.05, 3.63) is 12.3 Å². The molecule has 0 aliphatic heterocycles. The molecule has 0 bridgehead atoms. The van der Waals surface area contributed by atoms with Gasteiger partial charge < -0.3 is 20.5 Å². The van der Waals surface area contributed by atoms with Gasteiger partial charge in [0.15, 0.2) is 0 Å². The molecular formula is C9H16N4O2. The quantitative estimate of drug-likeness (QED) is 0.684. The smallest absolute Gasteiger partial charge is 0.227 e. The van der Waals surface area contributed by atoms with Crippen molar-refractivity contribution in [2.24, 2.45) is 0 Å². The molecule has 0 aliphatic rings. The molecule has 1 rings (SSSR count). The Kier molecular flexibility index (Phi) is 4.26. The summed E-state index contributed by atoms with van der Waals surface area (Å²) in [6.45, 7) is 0.684. The zero-order chi connectivity index (χ0) is 11.3. The topological polar surface area (TPSA) is 84.5 Å². The van der Waals surface area contributed by atoms with Gasteiger partial charge in [0.1, 0.15) is 5.82 Å². The number of nitrogens with zero attached hydrogens (tertiary/aromatic N) is 3. The van der Waals surface area contributed by atoms with Crippen molar-refractivity contribution in [3.63, 3.8) is 0 Å². The maximum atomic E-state index is 9.50. The summed E-state index contributed by atoms with van der Waals surface area (Å²) in [6, 6.07) is 1.61. The molecule has 0 spiro atoms. The van der Waals surface area contributed by atoms with E-state index in [0.717, 1.165) is 0 Å². The van der Waals surface area contributed by atoms with Crippen LogP contribution in [-0.4, -0.2) is 48.5 Å². The fraction of sp³-hybridized carbons (Fsp3) is 0.556. The largest absolute Gasteiger partial charge is 0.389 e. The number of rotatable bonds is 5. The molecule has 0 fully saturated rings. The van der Waals surface area contributed by atoms with Crippen LogP contribution in [-0.2, 0) is 4.74 Å². The minimum absolute atomic E-state index is 0.284. The summed E-state index contributed by atoms with van der Waals surface area (Å²) in [5.41, 5.74) is 5.52. The number of likely N-dealkylation sites (N-methyl/N-ethyl adjacent to an activating group) is 1. The Balaban J connectivity index is 2.56.